The maximum atomic E-state index is 12.0. The third-order valence-electron chi connectivity index (χ3n) is 5.22. The molecule has 4 nitrogen and oxygen atoms in total. The fourth-order valence-electron chi connectivity index (χ4n) is 3.39. The predicted octanol–water partition coefficient (Wildman–Crippen LogP) is 1.84. The van der Waals surface area contributed by atoms with Gasteiger partial charge < -0.3 is 16.4 Å². The van der Waals surface area contributed by atoms with E-state index in [-0.39, 0.29) is 0 Å². The SMILES string of the molecule is CCC1(CC)CCN(CC(N)(C(N)=O)c2ccccc2)C1. The van der Waals surface area contributed by atoms with Gasteiger partial charge in [-0.05, 0) is 36.8 Å². The van der Waals surface area contributed by atoms with Gasteiger partial charge in [0, 0.05) is 13.1 Å². The van der Waals surface area contributed by atoms with Crippen molar-refractivity contribution in [2.45, 2.75) is 38.6 Å². The van der Waals surface area contributed by atoms with Crippen molar-refractivity contribution in [2.75, 3.05) is 19.6 Å². The van der Waals surface area contributed by atoms with Crippen LogP contribution in [0.25, 0.3) is 0 Å². The Bertz CT molecular complexity index is 484. The fraction of sp³-hybridized carbons (Fsp3) is 0.588. The highest BCUT2D eigenvalue weighted by molar-refractivity contribution is 5.86. The van der Waals surface area contributed by atoms with E-state index in [0.29, 0.717) is 12.0 Å². The molecule has 0 aromatic heterocycles. The molecule has 0 bridgehead atoms. The van der Waals surface area contributed by atoms with Gasteiger partial charge in [0.2, 0.25) is 5.91 Å². The van der Waals surface area contributed by atoms with E-state index in [9.17, 15) is 4.79 Å². The molecule has 0 radical (unpaired) electrons. The summed E-state index contributed by atoms with van der Waals surface area (Å²) in [7, 11) is 0. The molecule has 1 aromatic rings. The lowest BCUT2D eigenvalue weighted by Gasteiger charge is -2.33. The smallest absolute Gasteiger partial charge is 0.243 e. The van der Waals surface area contributed by atoms with Crippen LogP contribution in [0.4, 0.5) is 0 Å². The highest BCUT2D eigenvalue weighted by Gasteiger charge is 2.41. The van der Waals surface area contributed by atoms with E-state index in [1.165, 1.54) is 19.3 Å². The molecular formula is C17H27N3O. The van der Waals surface area contributed by atoms with Crippen molar-refractivity contribution < 1.29 is 4.79 Å². The summed E-state index contributed by atoms with van der Waals surface area (Å²) >= 11 is 0. The largest absolute Gasteiger partial charge is 0.368 e. The van der Waals surface area contributed by atoms with Crippen molar-refractivity contribution in [3.05, 3.63) is 35.9 Å². The van der Waals surface area contributed by atoms with Crippen LogP contribution in [0.5, 0.6) is 0 Å². The van der Waals surface area contributed by atoms with Crippen molar-refractivity contribution in [1.82, 2.24) is 4.90 Å². The van der Waals surface area contributed by atoms with Gasteiger partial charge in [-0.3, -0.25) is 4.79 Å². The molecular weight excluding hydrogens is 262 g/mol. The summed E-state index contributed by atoms with van der Waals surface area (Å²) in [6, 6.07) is 9.47. The summed E-state index contributed by atoms with van der Waals surface area (Å²) in [5.74, 6) is -0.459. The first-order valence-corrected chi connectivity index (χ1v) is 7.82. The van der Waals surface area contributed by atoms with Crippen LogP contribution in [-0.4, -0.2) is 30.4 Å². The van der Waals surface area contributed by atoms with Gasteiger partial charge in [-0.1, -0.05) is 44.2 Å². The van der Waals surface area contributed by atoms with Crippen LogP contribution in [0.3, 0.4) is 0 Å². The van der Waals surface area contributed by atoms with Gasteiger partial charge in [0.25, 0.3) is 0 Å². The molecule has 1 aromatic carbocycles. The Labute approximate surface area is 127 Å². The minimum absolute atomic E-state index is 0.370. The van der Waals surface area contributed by atoms with Gasteiger partial charge in [0.05, 0.1) is 0 Å². The molecule has 2 rings (SSSR count). The molecule has 1 aliphatic heterocycles. The monoisotopic (exact) mass is 289 g/mol. The van der Waals surface area contributed by atoms with Crippen LogP contribution in [-0.2, 0) is 10.3 Å². The predicted molar refractivity (Wildman–Crippen MR) is 85.6 cm³/mol. The number of rotatable bonds is 6. The van der Waals surface area contributed by atoms with Crippen LogP contribution in [0.1, 0.15) is 38.7 Å². The number of likely N-dealkylation sites (tertiary alicyclic amines) is 1. The summed E-state index contributed by atoms with van der Waals surface area (Å²) in [5.41, 5.74) is 12.1. The first kappa shape index (κ1) is 16.0. The Hall–Kier alpha value is -1.39. The summed E-state index contributed by atoms with van der Waals surface area (Å²) in [4.78, 5) is 14.3. The zero-order chi connectivity index (χ0) is 15.5. The van der Waals surface area contributed by atoms with Crippen LogP contribution >= 0.6 is 0 Å². The molecule has 116 valence electrons. The minimum atomic E-state index is -1.11. The molecule has 1 aliphatic rings. The Morgan fingerprint density at radius 2 is 1.90 bits per heavy atom. The first-order chi connectivity index (χ1) is 9.96. The molecule has 1 atom stereocenters. The average molecular weight is 289 g/mol. The maximum absolute atomic E-state index is 12.0. The van der Waals surface area contributed by atoms with Crippen LogP contribution in [0, 0.1) is 5.41 Å². The maximum Gasteiger partial charge on any atom is 0.243 e. The number of hydrogen-bond donors (Lipinski definition) is 2. The van der Waals surface area contributed by atoms with Gasteiger partial charge in [0.15, 0.2) is 0 Å². The lowest BCUT2D eigenvalue weighted by atomic mass is 9.82. The van der Waals surface area contributed by atoms with Crippen molar-refractivity contribution in [1.29, 1.82) is 0 Å². The third-order valence-corrected chi connectivity index (χ3v) is 5.22. The second-order valence-electron chi connectivity index (χ2n) is 6.37. The number of hydrogen-bond acceptors (Lipinski definition) is 3. The van der Waals surface area contributed by atoms with Crippen LogP contribution < -0.4 is 11.5 Å². The standard InChI is InChI=1S/C17H27N3O/c1-3-16(4-2)10-11-20(12-16)13-17(19,15(18)21)14-8-6-5-7-9-14/h5-9H,3-4,10-13,19H2,1-2H3,(H2,18,21). The molecule has 4 N–H and O–H groups in total. The number of primary amides is 1. The molecule has 4 heteroatoms. The van der Waals surface area contributed by atoms with Crippen LogP contribution in [0.15, 0.2) is 30.3 Å². The van der Waals surface area contributed by atoms with Gasteiger partial charge in [-0.25, -0.2) is 0 Å². The number of carbonyl (C=O) groups is 1. The molecule has 1 heterocycles. The number of nitrogens with zero attached hydrogens (tertiary/aromatic N) is 1. The number of nitrogens with two attached hydrogens (primary N) is 2. The highest BCUT2D eigenvalue weighted by atomic mass is 16.1. The van der Waals surface area contributed by atoms with E-state index in [4.69, 9.17) is 11.5 Å². The average Bonchev–Trinajstić information content (AvgIpc) is 2.91. The highest BCUT2D eigenvalue weighted by Crippen LogP contribution is 2.37. The second kappa shape index (κ2) is 6.16. The van der Waals surface area contributed by atoms with Gasteiger partial charge >= 0.3 is 0 Å². The topological polar surface area (TPSA) is 72.3 Å². The van der Waals surface area contributed by atoms with E-state index < -0.39 is 11.4 Å². The van der Waals surface area contributed by atoms with Crippen molar-refractivity contribution >= 4 is 5.91 Å². The molecule has 1 fully saturated rings. The number of benzene rings is 1. The van der Waals surface area contributed by atoms with E-state index in [1.54, 1.807) is 0 Å². The van der Waals surface area contributed by atoms with E-state index in [1.807, 2.05) is 30.3 Å². The van der Waals surface area contributed by atoms with Crippen LogP contribution in [0.2, 0.25) is 0 Å². The van der Waals surface area contributed by atoms with E-state index >= 15 is 0 Å². The lowest BCUT2D eigenvalue weighted by molar-refractivity contribution is -0.124. The fourth-order valence-corrected chi connectivity index (χ4v) is 3.39. The number of amides is 1. The molecule has 21 heavy (non-hydrogen) atoms. The summed E-state index contributed by atoms with van der Waals surface area (Å²) in [5, 5.41) is 0. The first-order valence-electron chi connectivity index (χ1n) is 7.82. The normalized spacial score (nSPS) is 21.1. The van der Waals surface area contributed by atoms with Crippen molar-refractivity contribution in [3.63, 3.8) is 0 Å². The lowest BCUT2D eigenvalue weighted by Crippen LogP contribution is -2.56. The zero-order valence-electron chi connectivity index (χ0n) is 13.1. The van der Waals surface area contributed by atoms with Crippen molar-refractivity contribution in [3.8, 4) is 0 Å². The van der Waals surface area contributed by atoms with E-state index in [0.717, 1.165) is 18.7 Å². The minimum Gasteiger partial charge on any atom is -0.368 e. The van der Waals surface area contributed by atoms with Gasteiger partial charge in [-0.15, -0.1) is 0 Å². The molecule has 0 saturated carbocycles. The van der Waals surface area contributed by atoms with Crippen molar-refractivity contribution in [2.24, 2.45) is 16.9 Å². The summed E-state index contributed by atoms with van der Waals surface area (Å²) in [6.45, 7) is 6.97. The Balaban J connectivity index is 2.17. The Kier molecular flexibility index (Phi) is 4.69. The third kappa shape index (κ3) is 3.11. The number of carbonyl (C=O) groups excluding carboxylic acids is 1. The van der Waals surface area contributed by atoms with E-state index in [2.05, 4.69) is 18.7 Å². The molecule has 1 amide bonds. The molecule has 0 spiro atoms. The molecule has 0 aliphatic carbocycles. The second-order valence-corrected chi connectivity index (χ2v) is 6.37. The Morgan fingerprint density at radius 3 is 2.38 bits per heavy atom. The molecule has 1 saturated heterocycles. The zero-order valence-corrected chi connectivity index (χ0v) is 13.1. The quantitative estimate of drug-likeness (QED) is 0.839. The summed E-state index contributed by atoms with van der Waals surface area (Å²) < 4.78 is 0. The Morgan fingerprint density at radius 1 is 1.29 bits per heavy atom. The van der Waals surface area contributed by atoms with Gasteiger partial charge in [0.1, 0.15) is 5.54 Å². The van der Waals surface area contributed by atoms with Gasteiger partial charge in [-0.2, -0.15) is 0 Å². The molecule has 1 unspecified atom stereocenters. The summed E-state index contributed by atoms with van der Waals surface area (Å²) in [6.07, 6.45) is 3.50.